The van der Waals surface area contributed by atoms with Gasteiger partial charge in [0.15, 0.2) is 6.10 Å². The van der Waals surface area contributed by atoms with E-state index in [1.54, 1.807) is 0 Å². The molecule has 0 saturated heterocycles. The maximum atomic E-state index is 12.8. The Bertz CT molecular complexity index is 1510. The number of allylic oxidation sites excluding steroid dienone is 22. The van der Waals surface area contributed by atoms with Crippen molar-refractivity contribution in [1.29, 1.82) is 0 Å². The summed E-state index contributed by atoms with van der Waals surface area (Å²) < 4.78 is 16.7. The van der Waals surface area contributed by atoms with E-state index in [4.69, 9.17) is 14.2 Å². The van der Waals surface area contributed by atoms with Gasteiger partial charge in [-0.1, -0.05) is 219 Å². The van der Waals surface area contributed by atoms with E-state index in [0.717, 1.165) is 96.3 Å². The molecule has 0 bridgehead atoms. The second-order valence-electron chi connectivity index (χ2n) is 17.7. The van der Waals surface area contributed by atoms with E-state index in [-0.39, 0.29) is 44.0 Å². The van der Waals surface area contributed by atoms with Gasteiger partial charge in [-0.15, -0.1) is 0 Å². The minimum absolute atomic E-state index is 0.125. The Balaban J connectivity index is 4.58. The average molecular weight is 953 g/mol. The smallest absolute Gasteiger partial charge is 0.306 e. The zero-order valence-corrected chi connectivity index (χ0v) is 44.3. The Morgan fingerprint density at radius 1 is 0.304 bits per heavy atom. The molecular formula is C63H100O6. The molecule has 0 aromatic carbocycles. The van der Waals surface area contributed by atoms with Crippen molar-refractivity contribution in [2.24, 2.45) is 0 Å². The predicted molar refractivity (Wildman–Crippen MR) is 297 cm³/mol. The molecule has 6 nitrogen and oxygen atoms in total. The van der Waals surface area contributed by atoms with Gasteiger partial charge >= 0.3 is 17.9 Å². The lowest BCUT2D eigenvalue weighted by Gasteiger charge is -2.18. The highest BCUT2D eigenvalue weighted by atomic mass is 16.6. The second-order valence-corrected chi connectivity index (χ2v) is 17.7. The summed E-state index contributed by atoms with van der Waals surface area (Å²) in [5.41, 5.74) is 0. The van der Waals surface area contributed by atoms with E-state index in [2.05, 4.69) is 142 Å². The number of carbonyl (C=O) groups excluding carboxylic acids is 3. The normalized spacial score (nSPS) is 13.1. The third-order valence-electron chi connectivity index (χ3n) is 11.1. The molecule has 0 aromatic heterocycles. The first-order valence-corrected chi connectivity index (χ1v) is 27.7. The Labute approximate surface area is 424 Å². The monoisotopic (exact) mass is 953 g/mol. The van der Waals surface area contributed by atoms with Crippen LogP contribution >= 0.6 is 0 Å². The first-order chi connectivity index (χ1) is 34.0. The molecule has 0 saturated carbocycles. The van der Waals surface area contributed by atoms with E-state index in [9.17, 15) is 14.4 Å². The fraction of sp³-hybridized carbons (Fsp3) is 0.603. The van der Waals surface area contributed by atoms with Crippen LogP contribution < -0.4 is 0 Å². The van der Waals surface area contributed by atoms with Gasteiger partial charge in [0.05, 0.1) is 0 Å². The molecule has 0 aliphatic heterocycles. The molecule has 1 atom stereocenters. The second kappa shape index (κ2) is 56.1. The molecule has 0 aliphatic rings. The molecule has 0 aromatic rings. The molecule has 0 aliphatic carbocycles. The summed E-state index contributed by atoms with van der Waals surface area (Å²) in [6.07, 6.45) is 78.8. The Hall–Kier alpha value is -4.45. The summed E-state index contributed by atoms with van der Waals surface area (Å²) in [5, 5.41) is 0. The molecule has 0 spiro atoms. The van der Waals surface area contributed by atoms with Gasteiger partial charge < -0.3 is 14.2 Å². The van der Waals surface area contributed by atoms with Crippen molar-refractivity contribution >= 4 is 17.9 Å². The van der Waals surface area contributed by atoms with Gasteiger partial charge in [-0.25, -0.2) is 0 Å². The van der Waals surface area contributed by atoms with Crippen LogP contribution in [0, 0.1) is 0 Å². The molecule has 0 unspecified atom stereocenters. The summed E-state index contributed by atoms with van der Waals surface area (Å²) in [4.78, 5) is 38.1. The van der Waals surface area contributed by atoms with Gasteiger partial charge in [-0.2, -0.15) is 0 Å². The number of rotatable bonds is 48. The number of unbranched alkanes of at least 4 members (excludes halogenated alkanes) is 15. The van der Waals surface area contributed by atoms with Crippen LogP contribution in [0.5, 0.6) is 0 Å². The maximum Gasteiger partial charge on any atom is 0.306 e. The first kappa shape index (κ1) is 64.5. The average Bonchev–Trinajstić information content (AvgIpc) is 3.35. The highest BCUT2D eigenvalue weighted by molar-refractivity contribution is 5.71. The van der Waals surface area contributed by atoms with Crippen molar-refractivity contribution in [2.45, 2.75) is 232 Å². The first-order valence-electron chi connectivity index (χ1n) is 27.7. The van der Waals surface area contributed by atoms with E-state index in [0.29, 0.717) is 19.3 Å². The van der Waals surface area contributed by atoms with Crippen molar-refractivity contribution in [2.75, 3.05) is 13.2 Å². The van der Waals surface area contributed by atoms with Crippen molar-refractivity contribution in [3.05, 3.63) is 134 Å². The molecular weight excluding hydrogens is 853 g/mol. The van der Waals surface area contributed by atoms with Crippen LogP contribution in [-0.4, -0.2) is 37.2 Å². The lowest BCUT2D eigenvalue weighted by atomic mass is 10.1. The van der Waals surface area contributed by atoms with E-state index in [1.807, 2.05) is 12.2 Å². The van der Waals surface area contributed by atoms with Crippen LogP contribution in [0.1, 0.15) is 226 Å². The van der Waals surface area contributed by atoms with E-state index >= 15 is 0 Å². The molecule has 0 radical (unpaired) electrons. The van der Waals surface area contributed by atoms with Crippen LogP contribution in [0.3, 0.4) is 0 Å². The number of carbonyl (C=O) groups is 3. The molecule has 388 valence electrons. The summed E-state index contributed by atoms with van der Waals surface area (Å²) in [6, 6.07) is 0. The summed E-state index contributed by atoms with van der Waals surface area (Å²) in [6.45, 7) is 6.29. The Morgan fingerprint density at radius 3 is 1.01 bits per heavy atom. The fourth-order valence-electron chi connectivity index (χ4n) is 7.04. The number of ether oxygens (including phenoxy) is 3. The van der Waals surface area contributed by atoms with Crippen molar-refractivity contribution in [3.63, 3.8) is 0 Å². The van der Waals surface area contributed by atoms with Gasteiger partial charge in [0, 0.05) is 19.3 Å². The largest absolute Gasteiger partial charge is 0.462 e. The summed E-state index contributed by atoms with van der Waals surface area (Å²) in [5.74, 6) is -1.06. The maximum absolute atomic E-state index is 12.8. The molecule has 0 N–H and O–H groups in total. The molecule has 0 heterocycles. The van der Waals surface area contributed by atoms with Crippen LogP contribution in [0.15, 0.2) is 134 Å². The number of hydrogen-bond donors (Lipinski definition) is 0. The SMILES string of the molecule is CC/C=C\C/C=C\C/C=C\C/C=C\C/C=C\C/C=C\CCC(=O)OC[C@H](COC(=O)CCCCCCCCC/C=C\CCCCCCCC)OC(=O)CCCC/C=C\C/C=C\C/C=C\C/C=C\CC. The molecule has 0 amide bonds. The van der Waals surface area contributed by atoms with Crippen molar-refractivity contribution < 1.29 is 28.6 Å². The highest BCUT2D eigenvalue weighted by Gasteiger charge is 2.19. The Morgan fingerprint density at radius 2 is 0.594 bits per heavy atom. The predicted octanol–water partition coefficient (Wildman–Crippen LogP) is 18.6. The minimum Gasteiger partial charge on any atom is -0.462 e. The quantitative estimate of drug-likeness (QED) is 0.0262. The lowest BCUT2D eigenvalue weighted by molar-refractivity contribution is -0.166. The fourth-order valence-corrected chi connectivity index (χ4v) is 7.04. The summed E-state index contributed by atoms with van der Waals surface area (Å²) in [7, 11) is 0. The van der Waals surface area contributed by atoms with E-state index in [1.165, 1.54) is 77.0 Å². The third kappa shape index (κ3) is 54.4. The van der Waals surface area contributed by atoms with Gasteiger partial charge in [-0.05, 0) is 122 Å². The van der Waals surface area contributed by atoms with Gasteiger partial charge in [0.2, 0.25) is 0 Å². The van der Waals surface area contributed by atoms with Crippen molar-refractivity contribution in [3.8, 4) is 0 Å². The van der Waals surface area contributed by atoms with Crippen LogP contribution in [0.2, 0.25) is 0 Å². The van der Waals surface area contributed by atoms with E-state index < -0.39 is 6.10 Å². The minimum atomic E-state index is -0.837. The third-order valence-corrected chi connectivity index (χ3v) is 11.1. The van der Waals surface area contributed by atoms with Gasteiger partial charge in [0.25, 0.3) is 0 Å². The molecule has 0 fully saturated rings. The topological polar surface area (TPSA) is 78.9 Å². The van der Waals surface area contributed by atoms with Crippen LogP contribution in [0.25, 0.3) is 0 Å². The summed E-state index contributed by atoms with van der Waals surface area (Å²) >= 11 is 0. The van der Waals surface area contributed by atoms with Crippen molar-refractivity contribution in [1.82, 2.24) is 0 Å². The van der Waals surface area contributed by atoms with Crippen LogP contribution in [-0.2, 0) is 28.6 Å². The Kier molecular flexibility index (Phi) is 52.5. The van der Waals surface area contributed by atoms with Gasteiger partial charge in [0.1, 0.15) is 13.2 Å². The standard InChI is InChI=1S/C63H100O6/c1-4-7-10-13-16-19-22-25-28-30-31-33-36-38-41-44-47-50-53-56-62(65)68-59-60(69-63(66)57-54-51-48-45-42-39-34-27-24-21-18-15-12-9-6-3)58-67-61(64)55-52-49-46-43-40-37-35-32-29-26-23-20-17-14-11-8-5-2/h7,9-10,12,16,18-19,21,25-29,31,33-34,38,41-42,45,47,50,60H,4-6,8,11,13-15,17,20,22-24,30,32,35-37,39-40,43-44,46,48-49,51-59H2,1-3H3/b10-7-,12-9-,19-16-,21-18-,28-25-,29-26-,33-31-,34-27-,41-38-,45-42-,50-47-/t60-/m0/s1. The molecule has 0 rings (SSSR count). The number of esters is 3. The lowest BCUT2D eigenvalue weighted by Crippen LogP contribution is -2.30. The molecule has 69 heavy (non-hydrogen) atoms. The molecule has 6 heteroatoms. The zero-order valence-electron chi connectivity index (χ0n) is 44.3. The zero-order chi connectivity index (χ0) is 50.0. The highest BCUT2D eigenvalue weighted by Crippen LogP contribution is 2.13. The van der Waals surface area contributed by atoms with Gasteiger partial charge in [-0.3, -0.25) is 14.4 Å². The number of hydrogen-bond acceptors (Lipinski definition) is 6. The van der Waals surface area contributed by atoms with Crippen LogP contribution in [0.4, 0.5) is 0 Å².